The van der Waals surface area contributed by atoms with Crippen molar-refractivity contribution in [3.63, 3.8) is 0 Å². The third-order valence-electron chi connectivity index (χ3n) is 2.77. The first kappa shape index (κ1) is 16.6. The lowest BCUT2D eigenvalue weighted by molar-refractivity contribution is 0.149. The fraction of sp³-hybridized carbons (Fsp3) is 0.250. The monoisotopic (exact) mass is 291 g/mol. The van der Waals surface area contributed by atoms with Gasteiger partial charge in [0.05, 0.1) is 12.1 Å². The molecule has 0 radical (unpaired) electrons. The molecule has 1 rings (SSSR count). The maximum atomic E-state index is 10.4. The van der Waals surface area contributed by atoms with Gasteiger partial charge >= 0.3 is 0 Å². The second-order valence-electron chi connectivity index (χ2n) is 4.23. The molecular formula is C16H21NO2S. The van der Waals surface area contributed by atoms with Gasteiger partial charge in [-0.3, -0.25) is 0 Å². The van der Waals surface area contributed by atoms with Gasteiger partial charge in [0, 0.05) is 17.2 Å². The van der Waals surface area contributed by atoms with Crippen LogP contribution in [-0.2, 0) is 0 Å². The number of phenolic OH excluding ortho intramolecular Hbond substituents is 1. The Morgan fingerprint density at radius 2 is 2.00 bits per heavy atom. The molecule has 1 aromatic carbocycles. The van der Waals surface area contributed by atoms with Crippen LogP contribution in [0.25, 0.3) is 0 Å². The molecule has 108 valence electrons. The van der Waals surface area contributed by atoms with Crippen molar-refractivity contribution in [2.45, 2.75) is 17.0 Å². The number of rotatable bonds is 9. The second-order valence-corrected chi connectivity index (χ2v) is 5.29. The first-order chi connectivity index (χ1) is 9.63. The minimum atomic E-state index is -0.726. The Balaban J connectivity index is 2.90. The van der Waals surface area contributed by atoms with Crippen LogP contribution in [0, 0.1) is 0 Å². The Kier molecular flexibility index (Phi) is 7.15. The number of thioether (sulfide) groups is 1. The molecule has 3 nitrogen and oxygen atoms in total. The summed E-state index contributed by atoms with van der Waals surface area (Å²) >= 11 is 1.47. The Morgan fingerprint density at radius 1 is 1.25 bits per heavy atom. The number of aromatic hydroxyl groups is 1. The smallest absolute Gasteiger partial charge is 0.129 e. The normalized spacial score (nSPS) is 13.4. The summed E-state index contributed by atoms with van der Waals surface area (Å²) in [5, 5.41) is 23.3. The van der Waals surface area contributed by atoms with E-state index in [1.807, 2.05) is 0 Å². The highest BCUT2D eigenvalue weighted by Crippen LogP contribution is 2.32. The van der Waals surface area contributed by atoms with Gasteiger partial charge in [-0.05, 0) is 17.7 Å². The maximum Gasteiger partial charge on any atom is 0.129 e. The summed E-state index contributed by atoms with van der Waals surface area (Å²) in [4.78, 5) is 0.730. The van der Waals surface area contributed by atoms with Crippen LogP contribution >= 0.6 is 11.8 Å². The van der Waals surface area contributed by atoms with Gasteiger partial charge in [0.1, 0.15) is 5.75 Å². The molecule has 0 amide bonds. The van der Waals surface area contributed by atoms with E-state index in [9.17, 15) is 10.2 Å². The van der Waals surface area contributed by atoms with E-state index in [4.69, 9.17) is 0 Å². The van der Waals surface area contributed by atoms with Gasteiger partial charge in [-0.25, -0.2) is 0 Å². The number of nitrogens with one attached hydrogen (secondary N) is 1. The van der Waals surface area contributed by atoms with E-state index in [0.29, 0.717) is 12.3 Å². The standard InChI is InChI=1S/C16H21NO2S/c1-4-9-17-13(6-3)16(19)12-7-8-14(18)15(11-12)20-10-5-2/h4-8,11,13,16-19H,1-3,9-10H2. The van der Waals surface area contributed by atoms with Crippen molar-refractivity contribution < 1.29 is 10.2 Å². The lowest BCUT2D eigenvalue weighted by Crippen LogP contribution is -2.33. The number of hydrogen-bond donors (Lipinski definition) is 3. The van der Waals surface area contributed by atoms with Crippen LogP contribution in [0.4, 0.5) is 0 Å². The van der Waals surface area contributed by atoms with Gasteiger partial charge in [-0.15, -0.1) is 31.5 Å². The number of aliphatic hydroxyl groups is 1. The Hall–Kier alpha value is -1.49. The van der Waals surface area contributed by atoms with Crippen LogP contribution in [0.2, 0.25) is 0 Å². The van der Waals surface area contributed by atoms with Crippen molar-refractivity contribution in [2.75, 3.05) is 12.3 Å². The van der Waals surface area contributed by atoms with E-state index in [-0.39, 0.29) is 11.8 Å². The van der Waals surface area contributed by atoms with Crippen molar-refractivity contribution >= 4 is 11.8 Å². The van der Waals surface area contributed by atoms with Crippen LogP contribution in [0.1, 0.15) is 11.7 Å². The van der Waals surface area contributed by atoms with Gasteiger partial charge in [-0.2, -0.15) is 0 Å². The topological polar surface area (TPSA) is 52.5 Å². The molecule has 1 aromatic rings. The molecule has 0 fully saturated rings. The highest BCUT2D eigenvalue weighted by Gasteiger charge is 2.18. The summed E-state index contributed by atoms with van der Waals surface area (Å²) in [5.41, 5.74) is 0.732. The van der Waals surface area contributed by atoms with Crippen LogP contribution in [-0.4, -0.2) is 28.6 Å². The lowest BCUT2D eigenvalue weighted by atomic mass is 10.0. The molecule has 0 spiro atoms. The summed E-state index contributed by atoms with van der Waals surface area (Å²) in [6, 6.07) is 4.83. The minimum Gasteiger partial charge on any atom is -0.507 e. The molecule has 0 saturated heterocycles. The van der Waals surface area contributed by atoms with E-state index >= 15 is 0 Å². The Morgan fingerprint density at radius 3 is 2.60 bits per heavy atom. The molecule has 4 heteroatoms. The van der Waals surface area contributed by atoms with E-state index < -0.39 is 6.10 Å². The third kappa shape index (κ3) is 4.56. The van der Waals surface area contributed by atoms with Crippen molar-refractivity contribution in [1.29, 1.82) is 0 Å². The van der Waals surface area contributed by atoms with Crippen molar-refractivity contribution in [1.82, 2.24) is 5.32 Å². The predicted octanol–water partition coefficient (Wildman–Crippen LogP) is 3.03. The second kappa shape index (κ2) is 8.64. The zero-order chi connectivity index (χ0) is 15.0. The molecular weight excluding hydrogens is 270 g/mol. The summed E-state index contributed by atoms with van der Waals surface area (Å²) in [5.74, 6) is 0.911. The summed E-state index contributed by atoms with van der Waals surface area (Å²) in [7, 11) is 0. The van der Waals surface area contributed by atoms with Crippen molar-refractivity contribution in [2.24, 2.45) is 0 Å². The average molecular weight is 291 g/mol. The maximum absolute atomic E-state index is 10.4. The number of aliphatic hydroxyl groups excluding tert-OH is 1. The molecule has 20 heavy (non-hydrogen) atoms. The Labute approximate surface area is 124 Å². The predicted molar refractivity (Wildman–Crippen MR) is 86.2 cm³/mol. The number of hydrogen-bond acceptors (Lipinski definition) is 4. The lowest BCUT2D eigenvalue weighted by Gasteiger charge is -2.21. The van der Waals surface area contributed by atoms with Crippen molar-refractivity contribution in [3.8, 4) is 5.75 Å². The fourth-order valence-corrected chi connectivity index (χ4v) is 2.46. The molecule has 3 N–H and O–H groups in total. The minimum absolute atomic E-state index is 0.210. The van der Waals surface area contributed by atoms with Crippen LogP contribution in [0.15, 0.2) is 61.1 Å². The van der Waals surface area contributed by atoms with E-state index in [0.717, 1.165) is 10.5 Å². The van der Waals surface area contributed by atoms with Gasteiger partial charge in [0.15, 0.2) is 0 Å². The van der Waals surface area contributed by atoms with Gasteiger partial charge in [0.2, 0.25) is 0 Å². The number of phenols is 1. The first-order valence-corrected chi connectivity index (χ1v) is 7.34. The molecule has 0 aliphatic heterocycles. The summed E-state index contributed by atoms with van der Waals surface area (Å²) in [6.07, 6.45) is 4.44. The first-order valence-electron chi connectivity index (χ1n) is 6.35. The molecule has 2 unspecified atom stereocenters. The van der Waals surface area contributed by atoms with Gasteiger partial charge in [0.25, 0.3) is 0 Å². The molecule has 0 bridgehead atoms. The van der Waals surface area contributed by atoms with Crippen LogP contribution in [0.5, 0.6) is 5.75 Å². The molecule has 0 aromatic heterocycles. The largest absolute Gasteiger partial charge is 0.507 e. The summed E-state index contributed by atoms with van der Waals surface area (Å²) < 4.78 is 0. The molecule has 0 saturated carbocycles. The Bertz CT molecular complexity index is 474. The highest BCUT2D eigenvalue weighted by atomic mass is 32.2. The highest BCUT2D eigenvalue weighted by molar-refractivity contribution is 7.99. The molecule has 0 aliphatic rings. The zero-order valence-corrected chi connectivity index (χ0v) is 12.3. The average Bonchev–Trinajstić information content (AvgIpc) is 2.47. The van der Waals surface area contributed by atoms with E-state index in [2.05, 4.69) is 25.1 Å². The third-order valence-corrected chi connectivity index (χ3v) is 3.81. The van der Waals surface area contributed by atoms with Gasteiger partial charge in [-0.1, -0.05) is 24.3 Å². The van der Waals surface area contributed by atoms with Crippen molar-refractivity contribution in [3.05, 3.63) is 61.7 Å². The van der Waals surface area contributed by atoms with E-state index in [1.165, 1.54) is 11.8 Å². The number of benzene rings is 1. The van der Waals surface area contributed by atoms with Gasteiger partial charge < -0.3 is 15.5 Å². The quantitative estimate of drug-likeness (QED) is 0.483. The molecule has 0 heterocycles. The van der Waals surface area contributed by atoms with E-state index in [1.54, 1.807) is 36.4 Å². The summed E-state index contributed by atoms with van der Waals surface area (Å²) in [6.45, 7) is 11.6. The van der Waals surface area contributed by atoms with Crippen LogP contribution < -0.4 is 5.32 Å². The zero-order valence-electron chi connectivity index (χ0n) is 11.5. The van der Waals surface area contributed by atoms with Crippen LogP contribution in [0.3, 0.4) is 0 Å². The SMILES string of the molecule is C=CCNC(C=C)C(O)c1ccc(O)c(SCC=C)c1. The molecule has 0 aliphatic carbocycles. The molecule has 2 atom stereocenters. The fourth-order valence-electron chi connectivity index (χ4n) is 1.73.